The van der Waals surface area contributed by atoms with E-state index >= 15 is 0 Å². The molecule has 4 nitrogen and oxygen atoms in total. The Kier molecular flexibility index (Phi) is 5.58. The summed E-state index contributed by atoms with van der Waals surface area (Å²) in [5, 5.41) is 7.01. The normalized spacial score (nSPS) is 12.6. The summed E-state index contributed by atoms with van der Waals surface area (Å²) in [5.74, 6) is -0.463. The van der Waals surface area contributed by atoms with Gasteiger partial charge in [0.2, 0.25) is 16.0 Å². The molecule has 0 aliphatic rings. The average Bonchev–Trinajstić information content (AvgIpc) is 3.10. The molecule has 0 radical (unpaired) electrons. The molecule has 0 fully saturated rings. The maximum absolute atomic E-state index is 12.7. The molecule has 26 heavy (non-hydrogen) atoms. The number of anilines is 1. The van der Waals surface area contributed by atoms with Crippen molar-refractivity contribution in [3.63, 3.8) is 0 Å². The van der Waals surface area contributed by atoms with E-state index in [1.54, 1.807) is 24.3 Å². The third-order valence-corrected chi connectivity index (χ3v) is 5.39. The van der Waals surface area contributed by atoms with Gasteiger partial charge in [0.25, 0.3) is 0 Å². The summed E-state index contributed by atoms with van der Waals surface area (Å²) < 4.78 is 37.9. The topological polar surface area (TPSA) is 54.9 Å². The number of carbonyl (C=O) groups is 1. The second-order valence-corrected chi connectivity index (χ2v) is 7.28. The predicted molar refractivity (Wildman–Crippen MR) is 95.0 cm³/mol. The number of halogens is 3. The third-order valence-electron chi connectivity index (χ3n) is 3.24. The van der Waals surface area contributed by atoms with Crippen LogP contribution in [0, 0.1) is 0 Å². The van der Waals surface area contributed by atoms with Crippen molar-refractivity contribution in [3.05, 3.63) is 71.2 Å². The molecular weight excluding hydrogens is 383 g/mol. The summed E-state index contributed by atoms with van der Waals surface area (Å²) in [6, 6.07) is 18.3. The summed E-state index contributed by atoms with van der Waals surface area (Å²) in [5.41, 5.74) is 0.736. The van der Waals surface area contributed by atoms with Crippen LogP contribution in [-0.4, -0.2) is 16.1 Å². The smallest absolute Gasteiger partial charge is 0.299 e. The summed E-state index contributed by atoms with van der Waals surface area (Å²) in [6.07, 6.45) is -4.59. The lowest BCUT2D eigenvalue weighted by molar-refractivity contribution is -0.138. The highest BCUT2D eigenvalue weighted by atomic mass is 32.2. The fourth-order valence-electron chi connectivity index (χ4n) is 2.10. The quantitative estimate of drug-likeness (QED) is 0.616. The Balaban J connectivity index is 1.82. The highest BCUT2D eigenvalue weighted by Gasteiger charge is 2.36. The van der Waals surface area contributed by atoms with Crippen LogP contribution in [0.1, 0.15) is 15.8 Å². The van der Waals surface area contributed by atoms with E-state index in [1.807, 2.05) is 36.4 Å². The molecule has 0 saturated carbocycles. The predicted octanol–water partition coefficient (Wildman–Crippen LogP) is 5.03. The number of carbonyl (C=O) groups excluding carboxylic acids is 1. The maximum atomic E-state index is 12.7. The van der Waals surface area contributed by atoms with Crippen molar-refractivity contribution in [2.45, 2.75) is 16.3 Å². The Morgan fingerprint density at radius 3 is 2.19 bits per heavy atom. The lowest BCUT2D eigenvalue weighted by Gasteiger charge is -2.16. The van der Waals surface area contributed by atoms with Crippen LogP contribution < -0.4 is 5.32 Å². The Bertz CT molecular complexity index is 870. The molecule has 0 saturated heterocycles. The van der Waals surface area contributed by atoms with Gasteiger partial charge in [-0.25, -0.2) is 0 Å². The van der Waals surface area contributed by atoms with Crippen molar-refractivity contribution in [2.75, 3.05) is 5.32 Å². The van der Waals surface area contributed by atoms with Gasteiger partial charge < -0.3 is 0 Å². The van der Waals surface area contributed by atoms with Gasteiger partial charge in [0.1, 0.15) is 5.25 Å². The van der Waals surface area contributed by atoms with Gasteiger partial charge in [-0.1, -0.05) is 59.9 Å². The number of benzene rings is 2. The Morgan fingerprint density at radius 1 is 1.00 bits per heavy atom. The minimum atomic E-state index is -4.59. The lowest BCUT2D eigenvalue weighted by atomic mass is 10.1. The molecule has 1 N–H and O–H groups in total. The van der Waals surface area contributed by atoms with Gasteiger partial charge in [-0.15, -0.1) is 22.0 Å². The van der Waals surface area contributed by atoms with Crippen molar-refractivity contribution in [1.82, 2.24) is 10.2 Å². The van der Waals surface area contributed by atoms with Crippen LogP contribution in [-0.2, 0) is 11.0 Å². The molecule has 0 aliphatic heterocycles. The zero-order valence-electron chi connectivity index (χ0n) is 13.1. The lowest BCUT2D eigenvalue weighted by Crippen LogP contribution is -2.18. The van der Waals surface area contributed by atoms with E-state index in [1.165, 1.54) is 11.8 Å². The molecule has 1 heterocycles. The average molecular weight is 395 g/mol. The second-order valence-electron chi connectivity index (χ2n) is 5.12. The van der Waals surface area contributed by atoms with Gasteiger partial charge in [-0.05, 0) is 17.7 Å². The fourth-order valence-corrected chi connectivity index (χ4v) is 3.75. The molecule has 3 aromatic rings. The molecule has 0 spiro atoms. The van der Waals surface area contributed by atoms with Gasteiger partial charge in [0.05, 0.1) is 0 Å². The van der Waals surface area contributed by atoms with Gasteiger partial charge in [0.15, 0.2) is 0 Å². The second kappa shape index (κ2) is 7.88. The Labute approximate surface area is 155 Å². The van der Waals surface area contributed by atoms with Crippen LogP contribution in [0.4, 0.5) is 18.3 Å². The highest BCUT2D eigenvalue weighted by Crippen LogP contribution is 2.37. The first-order valence-electron chi connectivity index (χ1n) is 7.42. The van der Waals surface area contributed by atoms with Crippen molar-refractivity contribution >= 4 is 34.1 Å². The molecule has 1 amide bonds. The van der Waals surface area contributed by atoms with Crippen molar-refractivity contribution < 1.29 is 18.0 Å². The van der Waals surface area contributed by atoms with E-state index in [2.05, 4.69) is 15.5 Å². The van der Waals surface area contributed by atoms with Gasteiger partial charge in [0, 0.05) is 4.90 Å². The van der Waals surface area contributed by atoms with E-state index in [9.17, 15) is 18.0 Å². The van der Waals surface area contributed by atoms with E-state index < -0.39 is 22.3 Å². The van der Waals surface area contributed by atoms with Crippen molar-refractivity contribution in [2.24, 2.45) is 0 Å². The zero-order chi connectivity index (χ0) is 18.6. The number of hydrogen-bond donors (Lipinski definition) is 1. The summed E-state index contributed by atoms with van der Waals surface area (Å²) >= 11 is 1.60. The molecule has 134 valence electrons. The first-order valence-corrected chi connectivity index (χ1v) is 9.11. The SMILES string of the molecule is O=C(Nc1nnc(C(F)(F)F)s1)C(Sc1ccccc1)c1ccccc1. The van der Waals surface area contributed by atoms with Crippen LogP contribution in [0.25, 0.3) is 0 Å². The summed E-state index contributed by atoms with van der Waals surface area (Å²) in [4.78, 5) is 13.6. The van der Waals surface area contributed by atoms with Crippen molar-refractivity contribution in [1.29, 1.82) is 0 Å². The van der Waals surface area contributed by atoms with Gasteiger partial charge in [-0.2, -0.15) is 13.2 Å². The third kappa shape index (κ3) is 4.61. The molecule has 0 aliphatic carbocycles. The standard InChI is InChI=1S/C17H12F3N3OS2/c18-17(19,20)15-22-23-16(26-15)21-14(24)13(11-7-3-1-4-8-11)25-12-9-5-2-6-10-12/h1-10,13H,(H,21,23,24). The molecule has 1 atom stereocenters. The van der Waals surface area contributed by atoms with Crippen LogP contribution in [0.5, 0.6) is 0 Å². The van der Waals surface area contributed by atoms with Gasteiger partial charge >= 0.3 is 6.18 Å². The Morgan fingerprint density at radius 2 is 1.62 bits per heavy atom. The maximum Gasteiger partial charge on any atom is 0.445 e. The Hall–Kier alpha value is -2.39. The van der Waals surface area contributed by atoms with E-state index in [-0.39, 0.29) is 5.13 Å². The fraction of sp³-hybridized carbons (Fsp3) is 0.118. The largest absolute Gasteiger partial charge is 0.445 e. The van der Waals surface area contributed by atoms with Crippen LogP contribution in [0.15, 0.2) is 65.6 Å². The molecule has 9 heteroatoms. The van der Waals surface area contributed by atoms with E-state index in [0.717, 1.165) is 10.5 Å². The number of nitrogens with zero attached hydrogens (tertiary/aromatic N) is 2. The number of thioether (sulfide) groups is 1. The number of rotatable bonds is 5. The summed E-state index contributed by atoms with van der Waals surface area (Å²) in [6.45, 7) is 0. The molecule has 1 unspecified atom stereocenters. The highest BCUT2D eigenvalue weighted by molar-refractivity contribution is 8.00. The molecule has 3 rings (SSSR count). The number of hydrogen-bond acceptors (Lipinski definition) is 5. The zero-order valence-corrected chi connectivity index (χ0v) is 14.7. The van der Waals surface area contributed by atoms with Gasteiger partial charge in [-0.3, -0.25) is 10.1 Å². The van der Waals surface area contributed by atoms with Crippen LogP contribution >= 0.6 is 23.1 Å². The number of nitrogens with one attached hydrogen (secondary N) is 1. The van der Waals surface area contributed by atoms with Crippen LogP contribution in [0.3, 0.4) is 0 Å². The number of alkyl halides is 3. The molecular formula is C17H12F3N3OS2. The minimum Gasteiger partial charge on any atom is -0.299 e. The first kappa shape index (κ1) is 18.4. The minimum absolute atomic E-state index is 0.183. The monoisotopic (exact) mass is 395 g/mol. The van der Waals surface area contributed by atoms with Crippen LogP contribution in [0.2, 0.25) is 0 Å². The first-order chi connectivity index (χ1) is 12.4. The van der Waals surface area contributed by atoms with E-state index in [0.29, 0.717) is 11.3 Å². The number of amides is 1. The molecule has 1 aromatic heterocycles. The van der Waals surface area contributed by atoms with E-state index in [4.69, 9.17) is 0 Å². The summed E-state index contributed by atoms with van der Waals surface area (Å²) in [7, 11) is 0. The van der Waals surface area contributed by atoms with Crippen molar-refractivity contribution in [3.8, 4) is 0 Å². The number of aromatic nitrogens is 2. The molecule has 2 aromatic carbocycles. The molecule has 0 bridgehead atoms.